The van der Waals surface area contributed by atoms with Crippen molar-refractivity contribution in [3.8, 4) is 5.75 Å². The van der Waals surface area contributed by atoms with Crippen LogP contribution in [0.1, 0.15) is 27.0 Å². The van der Waals surface area contributed by atoms with Crippen molar-refractivity contribution in [2.24, 2.45) is 0 Å². The van der Waals surface area contributed by atoms with Gasteiger partial charge in [-0.25, -0.2) is 0 Å². The minimum atomic E-state index is -0.0425. The van der Waals surface area contributed by atoms with E-state index in [4.69, 9.17) is 4.74 Å². The average Bonchev–Trinajstić information content (AvgIpc) is 2.44. The molecule has 0 amide bonds. The third-order valence-electron chi connectivity index (χ3n) is 3.27. The molecule has 0 aromatic heterocycles. The van der Waals surface area contributed by atoms with E-state index in [2.05, 4.69) is 54.5 Å². The second kappa shape index (κ2) is 6.79. The topological polar surface area (TPSA) is 26.3 Å². The molecule has 0 atom stereocenters. The van der Waals surface area contributed by atoms with Gasteiger partial charge in [0.05, 0.1) is 12.7 Å². The van der Waals surface area contributed by atoms with Crippen LogP contribution in [-0.4, -0.2) is 12.9 Å². The Balaban J connectivity index is 2.71. The predicted molar refractivity (Wildman–Crippen MR) is 100 cm³/mol. The monoisotopic (exact) mass is 522 g/mol. The number of benzene rings is 2. The molecular weight excluding hydrogens is 511 g/mol. The first kappa shape index (κ1) is 17.0. The molecule has 0 spiro atoms. The summed E-state index contributed by atoms with van der Waals surface area (Å²) >= 11 is 9.17. The number of aryl methyl sites for hydroxylation is 1. The van der Waals surface area contributed by atoms with E-state index in [1.165, 1.54) is 0 Å². The van der Waals surface area contributed by atoms with Gasteiger partial charge < -0.3 is 4.74 Å². The molecule has 0 heterocycles. The summed E-state index contributed by atoms with van der Waals surface area (Å²) in [6.45, 7) is 3.85. The quantitative estimate of drug-likeness (QED) is 0.382. The fourth-order valence-corrected chi connectivity index (χ4v) is 3.65. The van der Waals surface area contributed by atoms with Gasteiger partial charge >= 0.3 is 0 Å². The highest BCUT2D eigenvalue weighted by molar-refractivity contribution is 14.1. The Labute approximate surface area is 154 Å². The van der Waals surface area contributed by atoms with Gasteiger partial charge in [-0.15, -0.1) is 0 Å². The molecular formula is C16H13Br2IO2. The van der Waals surface area contributed by atoms with Crippen molar-refractivity contribution in [2.75, 3.05) is 7.11 Å². The van der Waals surface area contributed by atoms with Crippen LogP contribution >= 0.6 is 54.5 Å². The van der Waals surface area contributed by atoms with Gasteiger partial charge in [0, 0.05) is 18.1 Å². The third kappa shape index (κ3) is 3.35. The number of rotatable bonds is 3. The molecule has 21 heavy (non-hydrogen) atoms. The lowest BCUT2D eigenvalue weighted by atomic mass is 9.96. The van der Waals surface area contributed by atoms with Crippen LogP contribution in [0.5, 0.6) is 5.75 Å². The maximum absolute atomic E-state index is 13.0. The van der Waals surface area contributed by atoms with Crippen LogP contribution in [0.4, 0.5) is 0 Å². The first-order valence-corrected chi connectivity index (χ1v) is 8.86. The van der Waals surface area contributed by atoms with E-state index in [0.717, 1.165) is 23.6 Å². The SMILES string of the molecule is COc1c(C)cc(Br)c(C)c1C(=O)c1cc(I)ccc1Br. The van der Waals surface area contributed by atoms with Crippen LogP contribution in [0.2, 0.25) is 0 Å². The minimum absolute atomic E-state index is 0.0425. The molecule has 0 fully saturated rings. The van der Waals surface area contributed by atoms with Gasteiger partial charge in [-0.1, -0.05) is 31.9 Å². The predicted octanol–water partition coefficient (Wildman–Crippen LogP) is 5.67. The zero-order chi connectivity index (χ0) is 15.7. The largest absolute Gasteiger partial charge is 0.496 e. The van der Waals surface area contributed by atoms with Gasteiger partial charge in [-0.05, 0) is 71.8 Å². The van der Waals surface area contributed by atoms with Crippen molar-refractivity contribution in [1.29, 1.82) is 0 Å². The molecule has 2 aromatic rings. The zero-order valence-electron chi connectivity index (χ0n) is 11.8. The summed E-state index contributed by atoms with van der Waals surface area (Å²) < 4.78 is 8.17. The highest BCUT2D eigenvalue weighted by atomic mass is 127. The first-order chi connectivity index (χ1) is 9.86. The molecule has 2 nitrogen and oxygen atoms in total. The van der Waals surface area contributed by atoms with Crippen molar-refractivity contribution < 1.29 is 9.53 Å². The second-order valence-electron chi connectivity index (χ2n) is 4.66. The molecule has 2 rings (SSSR count). The Morgan fingerprint density at radius 2 is 1.81 bits per heavy atom. The number of ether oxygens (including phenoxy) is 1. The smallest absolute Gasteiger partial charge is 0.198 e. The average molecular weight is 524 g/mol. The summed E-state index contributed by atoms with van der Waals surface area (Å²) in [5.41, 5.74) is 3.06. The number of methoxy groups -OCH3 is 1. The molecule has 0 aliphatic carbocycles. The molecule has 0 unspecified atom stereocenters. The molecule has 0 aliphatic rings. The first-order valence-electron chi connectivity index (χ1n) is 6.20. The zero-order valence-corrected chi connectivity index (χ0v) is 17.1. The van der Waals surface area contributed by atoms with E-state index >= 15 is 0 Å². The van der Waals surface area contributed by atoms with Gasteiger partial charge in [0.1, 0.15) is 5.75 Å². The highest BCUT2D eigenvalue weighted by Gasteiger charge is 2.22. The highest BCUT2D eigenvalue weighted by Crippen LogP contribution is 2.35. The standard InChI is InChI=1S/C16H13Br2IO2/c1-8-6-13(18)9(2)14(16(8)21-3)15(20)11-7-10(19)4-5-12(11)17/h4-7H,1-3H3. The van der Waals surface area contributed by atoms with Gasteiger partial charge in [-0.3, -0.25) is 4.79 Å². The summed E-state index contributed by atoms with van der Waals surface area (Å²) in [4.78, 5) is 13.0. The van der Waals surface area contributed by atoms with E-state index in [1.54, 1.807) is 7.11 Å². The Morgan fingerprint density at radius 1 is 1.14 bits per heavy atom. The Hall–Kier alpha value is -0.400. The molecule has 0 bridgehead atoms. The van der Waals surface area contributed by atoms with E-state index in [-0.39, 0.29) is 5.78 Å². The number of carbonyl (C=O) groups is 1. The van der Waals surface area contributed by atoms with Crippen molar-refractivity contribution in [3.63, 3.8) is 0 Å². The van der Waals surface area contributed by atoms with Crippen LogP contribution in [0.3, 0.4) is 0 Å². The van der Waals surface area contributed by atoms with E-state index in [9.17, 15) is 4.79 Å². The Bertz CT molecular complexity index is 727. The lowest BCUT2D eigenvalue weighted by Crippen LogP contribution is -2.09. The second-order valence-corrected chi connectivity index (χ2v) is 7.62. The lowest BCUT2D eigenvalue weighted by molar-refractivity contribution is 0.103. The van der Waals surface area contributed by atoms with Crippen LogP contribution < -0.4 is 4.74 Å². The van der Waals surface area contributed by atoms with Crippen LogP contribution in [-0.2, 0) is 0 Å². The van der Waals surface area contributed by atoms with Gasteiger partial charge in [-0.2, -0.15) is 0 Å². The molecule has 2 aromatic carbocycles. The molecule has 0 aliphatic heterocycles. The van der Waals surface area contributed by atoms with Crippen molar-refractivity contribution >= 4 is 60.2 Å². The molecule has 0 radical (unpaired) electrons. The van der Waals surface area contributed by atoms with Crippen molar-refractivity contribution in [1.82, 2.24) is 0 Å². The molecule has 0 N–H and O–H groups in total. The van der Waals surface area contributed by atoms with Crippen molar-refractivity contribution in [3.05, 3.63) is 59.0 Å². The fraction of sp³-hybridized carbons (Fsp3) is 0.188. The summed E-state index contributed by atoms with van der Waals surface area (Å²) in [5.74, 6) is 0.589. The minimum Gasteiger partial charge on any atom is -0.496 e. The number of hydrogen-bond donors (Lipinski definition) is 0. The number of ketones is 1. The normalized spacial score (nSPS) is 10.6. The lowest BCUT2D eigenvalue weighted by Gasteiger charge is -2.16. The van der Waals surface area contributed by atoms with E-state index in [1.807, 2.05) is 38.1 Å². The Morgan fingerprint density at radius 3 is 2.43 bits per heavy atom. The number of hydrogen-bond acceptors (Lipinski definition) is 2. The number of carbonyl (C=O) groups excluding carboxylic acids is 1. The molecule has 5 heteroatoms. The summed E-state index contributed by atoms with van der Waals surface area (Å²) in [5, 5.41) is 0. The number of halogens is 3. The Kier molecular flexibility index (Phi) is 5.48. The van der Waals surface area contributed by atoms with Crippen LogP contribution in [0, 0.1) is 17.4 Å². The fourth-order valence-electron chi connectivity index (χ4n) is 2.19. The third-order valence-corrected chi connectivity index (χ3v) is 5.45. The molecule has 0 saturated carbocycles. The van der Waals surface area contributed by atoms with E-state index in [0.29, 0.717) is 16.9 Å². The maximum Gasteiger partial charge on any atom is 0.198 e. The summed E-state index contributed by atoms with van der Waals surface area (Å²) in [6.07, 6.45) is 0. The van der Waals surface area contributed by atoms with Crippen LogP contribution in [0.25, 0.3) is 0 Å². The summed E-state index contributed by atoms with van der Waals surface area (Å²) in [7, 11) is 1.59. The molecule has 110 valence electrons. The van der Waals surface area contributed by atoms with E-state index < -0.39 is 0 Å². The van der Waals surface area contributed by atoms with Gasteiger partial charge in [0.15, 0.2) is 5.78 Å². The van der Waals surface area contributed by atoms with Gasteiger partial charge in [0.25, 0.3) is 0 Å². The summed E-state index contributed by atoms with van der Waals surface area (Å²) in [6, 6.07) is 7.69. The van der Waals surface area contributed by atoms with Crippen molar-refractivity contribution in [2.45, 2.75) is 13.8 Å². The van der Waals surface area contributed by atoms with Gasteiger partial charge in [0.2, 0.25) is 0 Å². The van der Waals surface area contributed by atoms with Crippen LogP contribution in [0.15, 0.2) is 33.2 Å². The maximum atomic E-state index is 13.0. The molecule has 0 saturated heterocycles.